The van der Waals surface area contributed by atoms with Crippen molar-refractivity contribution >= 4 is 5.82 Å². The summed E-state index contributed by atoms with van der Waals surface area (Å²) in [6.45, 7) is 8.75. The molecule has 0 aromatic carbocycles. The van der Waals surface area contributed by atoms with E-state index < -0.39 is 0 Å². The zero-order valence-corrected chi connectivity index (χ0v) is 12.3. The summed E-state index contributed by atoms with van der Waals surface area (Å²) in [4.78, 5) is 13.3. The Morgan fingerprint density at radius 2 is 2.10 bits per heavy atom. The van der Waals surface area contributed by atoms with Crippen LogP contribution < -0.4 is 9.64 Å². The molecule has 1 aliphatic heterocycles. The molecule has 112 valence electrons. The van der Waals surface area contributed by atoms with E-state index in [0.29, 0.717) is 5.88 Å². The molecule has 1 fully saturated rings. The summed E-state index contributed by atoms with van der Waals surface area (Å²) >= 11 is 0. The van der Waals surface area contributed by atoms with Crippen molar-refractivity contribution in [1.82, 2.24) is 14.9 Å². The zero-order valence-electron chi connectivity index (χ0n) is 12.3. The number of β-amino-alcohol motifs (C(OH)–C–C–N with tert-alkyl or cyclic N) is 1. The maximum atomic E-state index is 9.02. The van der Waals surface area contributed by atoms with Crippen LogP contribution in [0.15, 0.2) is 12.4 Å². The summed E-state index contributed by atoms with van der Waals surface area (Å²) in [7, 11) is 0. The lowest BCUT2D eigenvalue weighted by Gasteiger charge is -2.22. The third-order valence-corrected chi connectivity index (χ3v) is 3.28. The Morgan fingerprint density at radius 1 is 1.25 bits per heavy atom. The Balaban J connectivity index is 2.00. The van der Waals surface area contributed by atoms with Gasteiger partial charge in [0.15, 0.2) is 5.82 Å². The van der Waals surface area contributed by atoms with Crippen LogP contribution in [0.25, 0.3) is 0 Å². The fourth-order valence-corrected chi connectivity index (χ4v) is 2.35. The maximum absolute atomic E-state index is 9.02. The summed E-state index contributed by atoms with van der Waals surface area (Å²) in [6, 6.07) is 0. The van der Waals surface area contributed by atoms with Crippen LogP contribution in [-0.4, -0.2) is 65.4 Å². The number of rotatable bonds is 5. The molecule has 6 heteroatoms. The van der Waals surface area contributed by atoms with Crippen molar-refractivity contribution in [1.29, 1.82) is 0 Å². The van der Waals surface area contributed by atoms with Crippen molar-refractivity contribution < 1.29 is 9.84 Å². The van der Waals surface area contributed by atoms with E-state index >= 15 is 0 Å². The van der Waals surface area contributed by atoms with Crippen LogP contribution >= 0.6 is 0 Å². The van der Waals surface area contributed by atoms with Gasteiger partial charge >= 0.3 is 0 Å². The van der Waals surface area contributed by atoms with Gasteiger partial charge in [-0.15, -0.1) is 0 Å². The first-order valence-corrected chi connectivity index (χ1v) is 7.26. The number of aliphatic hydroxyl groups is 1. The van der Waals surface area contributed by atoms with E-state index in [2.05, 4.69) is 19.8 Å². The molecule has 0 aliphatic carbocycles. The molecule has 0 amide bonds. The molecular formula is C14H24N4O2. The van der Waals surface area contributed by atoms with Gasteiger partial charge in [0, 0.05) is 26.2 Å². The number of hydrogen-bond donors (Lipinski definition) is 1. The molecule has 2 rings (SSSR count). The minimum atomic E-state index is 0.101. The predicted molar refractivity (Wildman–Crippen MR) is 78.2 cm³/mol. The minimum Gasteiger partial charge on any atom is -0.474 e. The standard InChI is InChI=1S/C14H24N4O2/c1-12(2)20-14-11-15-10-13(16-14)18-5-3-4-17(6-7-18)8-9-19/h10-12,19H,3-9H2,1-2H3. The highest BCUT2D eigenvalue weighted by molar-refractivity contribution is 5.37. The van der Waals surface area contributed by atoms with Gasteiger partial charge in [0.2, 0.25) is 5.88 Å². The molecule has 0 atom stereocenters. The molecule has 0 unspecified atom stereocenters. The molecule has 0 radical (unpaired) electrons. The van der Waals surface area contributed by atoms with Crippen LogP contribution in [0, 0.1) is 0 Å². The third-order valence-electron chi connectivity index (χ3n) is 3.28. The van der Waals surface area contributed by atoms with Crippen molar-refractivity contribution in [2.24, 2.45) is 0 Å². The fraction of sp³-hybridized carbons (Fsp3) is 0.714. The van der Waals surface area contributed by atoms with Crippen LogP contribution in [0.4, 0.5) is 5.82 Å². The van der Waals surface area contributed by atoms with Gasteiger partial charge in [0.25, 0.3) is 0 Å². The van der Waals surface area contributed by atoms with Gasteiger partial charge in [0.1, 0.15) is 0 Å². The lowest BCUT2D eigenvalue weighted by atomic mass is 10.4. The van der Waals surface area contributed by atoms with Crippen LogP contribution in [-0.2, 0) is 0 Å². The van der Waals surface area contributed by atoms with Gasteiger partial charge in [0.05, 0.1) is 25.1 Å². The molecule has 1 saturated heterocycles. The Kier molecular flexibility index (Phi) is 5.55. The molecule has 1 aromatic rings. The number of anilines is 1. The summed E-state index contributed by atoms with van der Waals surface area (Å²) in [5.74, 6) is 1.45. The van der Waals surface area contributed by atoms with E-state index in [1.54, 1.807) is 12.4 Å². The molecule has 0 saturated carbocycles. The van der Waals surface area contributed by atoms with Gasteiger partial charge in [-0.2, -0.15) is 4.98 Å². The van der Waals surface area contributed by atoms with Crippen LogP contribution in [0.2, 0.25) is 0 Å². The van der Waals surface area contributed by atoms with E-state index in [1.165, 1.54) is 0 Å². The van der Waals surface area contributed by atoms with Crippen LogP contribution in [0.1, 0.15) is 20.3 Å². The van der Waals surface area contributed by atoms with E-state index in [4.69, 9.17) is 9.84 Å². The highest BCUT2D eigenvalue weighted by atomic mass is 16.5. The van der Waals surface area contributed by atoms with Crippen LogP contribution in [0.5, 0.6) is 5.88 Å². The highest BCUT2D eigenvalue weighted by Gasteiger charge is 2.16. The third kappa shape index (κ3) is 4.31. The number of ether oxygens (including phenoxy) is 1. The first-order chi connectivity index (χ1) is 9.69. The Labute approximate surface area is 120 Å². The van der Waals surface area contributed by atoms with Gasteiger partial charge in [-0.3, -0.25) is 9.88 Å². The second-order valence-electron chi connectivity index (χ2n) is 5.29. The summed E-state index contributed by atoms with van der Waals surface area (Å²) in [5, 5.41) is 9.02. The minimum absolute atomic E-state index is 0.101. The maximum Gasteiger partial charge on any atom is 0.234 e. The molecule has 1 N–H and O–H groups in total. The summed E-state index contributed by atoms with van der Waals surface area (Å²) < 4.78 is 5.59. The number of aromatic nitrogens is 2. The second kappa shape index (κ2) is 7.40. The number of hydrogen-bond acceptors (Lipinski definition) is 6. The second-order valence-corrected chi connectivity index (χ2v) is 5.29. The van der Waals surface area contributed by atoms with Crippen molar-refractivity contribution in [3.8, 4) is 5.88 Å². The topological polar surface area (TPSA) is 61.7 Å². The van der Waals surface area contributed by atoms with Crippen molar-refractivity contribution in [3.63, 3.8) is 0 Å². The van der Waals surface area contributed by atoms with Crippen LogP contribution in [0.3, 0.4) is 0 Å². The average molecular weight is 280 g/mol. The number of aliphatic hydroxyl groups excluding tert-OH is 1. The monoisotopic (exact) mass is 280 g/mol. The quantitative estimate of drug-likeness (QED) is 0.859. The summed E-state index contributed by atoms with van der Waals surface area (Å²) in [5.41, 5.74) is 0. The SMILES string of the molecule is CC(C)Oc1cncc(N2CCCN(CCO)CC2)n1. The Hall–Kier alpha value is -1.40. The van der Waals surface area contributed by atoms with Crippen molar-refractivity contribution in [3.05, 3.63) is 12.4 Å². The molecule has 0 spiro atoms. The van der Waals surface area contributed by atoms with Gasteiger partial charge < -0.3 is 14.7 Å². The normalized spacial score (nSPS) is 17.3. The average Bonchev–Trinajstić information content (AvgIpc) is 2.64. The molecule has 20 heavy (non-hydrogen) atoms. The molecule has 6 nitrogen and oxygen atoms in total. The van der Waals surface area contributed by atoms with Gasteiger partial charge in [-0.1, -0.05) is 0 Å². The van der Waals surface area contributed by atoms with Crippen molar-refractivity contribution in [2.45, 2.75) is 26.4 Å². The first-order valence-electron chi connectivity index (χ1n) is 7.26. The van der Waals surface area contributed by atoms with Gasteiger partial charge in [-0.25, -0.2) is 0 Å². The predicted octanol–water partition coefficient (Wildman–Crippen LogP) is 0.768. The van der Waals surface area contributed by atoms with Gasteiger partial charge in [-0.05, 0) is 26.8 Å². The Morgan fingerprint density at radius 3 is 2.85 bits per heavy atom. The lowest BCUT2D eigenvalue weighted by Crippen LogP contribution is -2.32. The molecule has 1 aliphatic rings. The largest absolute Gasteiger partial charge is 0.474 e. The van der Waals surface area contributed by atoms with E-state index in [-0.39, 0.29) is 12.7 Å². The molecule has 2 heterocycles. The highest BCUT2D eigenvalue weighted by Crippen LogP contribution is 2.16. The molecule has 1 aromatic heterocycles. The van der Waals surface area contributed by atoms with E-state index in [1.807, 2.05) is 13.8 Å². The lowest BCUT2D eigenvalue weighted by molar-refractivity contribution is 0.204. The smallest absolute Gasteiger partial charge is 0.234 e. The zero-order chi connectivity index (χ0) is 14.4. The first kappa shape index (κ1) is 15.0. The fourth-order valence-electron chi connectivity index (χ4n) is 2.35. The summed E-state index contributed by atoms with van der Waals surface area (Å²) in [6.07, 6.45) is 4.61. The Bertz CT molecular complexity index is 414. The van der Waals surface area contributed by atoms with E-state index in [9.17, 15) is 0 Å². The van der Waals surface area contributed by atoms with E-state index in [0.717, 1.165) is 45.0 Å². The van der Waals surface area contributed by atoms with Crippen molar-refractivity contribution in [2.75, 3.05) is 44.2 Å². The molecule has 0 bridgehead atoms. The molecular weight excluding hydrogens is 256 g/mol. The number of nitrogens with zero attached hydrogens (tertiary/aromatic N) is 4.